The summed E-state index contributed by atoms with van der Waals surface area (Å²) in [6.45, 7) is 6.18. The molecule has 104 valence electrons. The van der Waals surface area contributed by atoms with Gasteiger partial charge in [-0.3, -0.25) is 4.79 Å². The fraction of sp³-hybridized carbons (Fsp3) is 0.917. The third-order valence-electron chi connectivity index (χ3n) is 3.88. The number of amides is 1. The average molecular weight is 274 g/mol. The van der Waals surface area contributed by atoms with Crippen LogP contribution < -0.4 is 5.32 Å². The number of nitrogens with one attached hydrogen (secondary N) is 1. The van der Waals surface area contributed by atoms with Gasteiger partial charge in [0.2, 0.25) is 5.91 Å². The molecule has 2 heterocycles. The summed E-state index contributed by atoms with van der Waals surface area (Å²) in [5.41, 5.74) is -0.446. The van der Waals surface area contributed by atoms with Crippen molar-refractivity contribution < 1.29 is 13.2 Å². The molecule has 1 N–H and O–H groups in total. The summed E-state index contributed by atoms with van der Waals surface area (Å²) < 4.78 is 23.7. The van der Waals surface area contributed by atoms with Crippen LogP contribution >= 0.6 is 0 Å². The van der Waals surface area contributed by atoms with Gasteiger partial charge in [0.15, 0.2) is 9.84 Å². The van der Waals surface area contributed by atoms with Crippen molar-refractivity contribution in [1.29, 1.82) is 0 Å². The molecule has 5 nitrogen and oxygen atoms in total. The van der Waals surface area contributed by atoms with E-state index in [-0.39, 0.29) is 16.9 Å². The Morgan fingerprint density at radius 2 is 2.17 bits per heavy atom. The molecule has 1 unspecified atom stereocenters. The number of carbonyl (C=O) groups excluding carboxylic acids is 1. The first-order chi connectivity index (χ1) is 8.33. The zero-order chi connectivity index (χ0) is 13.4. The van der Waals surface area contributed by atoms with Gasteiger partial charge in [0.25, 0.3) is 0 Å². The van der Waals surface area contributed by atoms with Gasteiger partial charge in [0.1, 0.15) is 0 Å². The highest BCUT2D eigenvalue weighted by molar-refractivity contribution is 7.92. The number of nitrogens with zero attached hydrogens (tertiary/aromatic N) is 1. The minimum atomic E-state index is -2.97. The van der Waals surface area contributed by atoms with Gasteiger partial charge in [0.05, 0.1) is 16.4 Å². The molecule has 0 aromatic carbocycles. The second-order valence-corrected chi connectivity index (χ2v) is 8.34. The van der Waals surface area contributed by atoms with Crippen LogP contribution in [0, 0.1) is 5.41 Å². The maximum absolute atomic E-state index is 12.4. The van der Waals surface area contributed by atoms with Gasteiger partial charge in [0, 0.05) is 26.2 Å². The van der Waals surface area contributed by atoms with Crippen molar-refractivity contribution >= 4 is 15.7 Å². The summed E-state index contributed by atoms with van der Waals surface area (Å²) in [6, 6.07) is 0. The number of hydrogen-bond donors (Lipinski definition) is 1. The monoisotopic (exact) mass is 274 g/mol. The summed E-state index contributed by atoms with van der Waals surface area (Å²) in [7, 11) is -2.97. The summed E-state index contributed by atoms with van der Waals surface area (Å²) in [4.78, 5) is 14.1. The van der Waals surface area contributed by atoms with E-state index in [1.54, 1.807) is 4.90 Å². The Hall–Kier alpha value is -0.620. The number of carbonyl (C=O) groups is 1. The maximum Gasteiger partial charge on any atom is 0.229 e. The van der Waals surface area contributed by atoms with E-state index in [2.05, 4.69) is 5.32 Å². The van der Waals surface area contributed by atoms with E-state index in [4.69, 9.17) is 0 Å². The highest BCUT2D eigenvalue weighted by Crippen LogP contribution is 2.24. The predicted octanol–water partition coefficient (Wildman–Crippen LogP) is 0.0216. The molecule has 0 aliphatic carbocycles. The molecule has 2 aliphatic rings. The molecule has 1 amide bonds. The molecule has 0 aromatic heterocycles. The summed E-state index contributed by atoms with van der Waals surface area (Å²) in [6.07, 6.45) is 1.43. The quantitative estimate of drug-likeness (QED) is 0.771. The molecule has 0 aromatic rings. The molecule has 2 fully saturated rings. The Morgan fingerprint density at radius 1 is 1.44 bits per heavy atom. The normalized spacial score (nSPS) is 31.3. The largest absolute Gasteiger partial charge is 0.340 e. The Balaban J connectivity index is 2.10. The first-order valence-electron chi connectivity index (χ1n) is 6.55. The van der Waals surface area contributed by atoms with Crippen LogP contribution in [-0.2, 0) is 14.6 Å². The Morgan fingerprint density at radius 3 is 2.78 bits per heavy atom. The van der Waals surface area contributed by atoms with E-state index >= 15 is 0 Å². The van der Waals surface area contributed by atoms with E-state index < -0.39 is 15.3 Å². The van der Waals surface area contributed by atoms with Crippen LogP contribution in [0.1, 0.15) is 26.7 Å². The molecule has 18 heavy (non-hydrogen) atoms. The van der Waals surface area contributed by atoms with Gasteiger partial charge in [-0.2, -0.15) is 0 Å². The first-order valence-corrected chi connectivity index (χ1v) is 8.26. The van der Waals surface area contributed by atoms with Crippen molar-refractivity contribution in [2.75, 3.05) is 31.9 Å². The number of rotatable bonds is 2. The number of hydrogen-bond acceptors (Lipinski definition) is 4. The van der Waals surface area contributed by atoms with Crippen LogP contribution in [0.2, 0.25) is 0 Å². The second kappa shape index (κ2) is 4.81. The van der Waals surface area contributed by atoms with Gasteiger partial charge in [-0.1, -0.05) is 0 Å². The van der Waals surface area contributed by atoms with Crippen LogP contribution in [-0.4, -0.2) is 56.4 Å². The number of sulfone groups is 1. The van der Waals surface area contributed by atoms with Crippen molar-refractivity contribution in [3.05, 3.63) is 0 Å². The maximum atomic E-state index is 12.4. The lowest BCUT2D eigenvalue weighted by atomic mass is 9.92. The average Bonchev–Trinajstić information content (AvgIpc) is 2.54. The molecular formula is C12H22N2O3S. The molecule has 2 rings (SSSR count). The van der Waals surface area contributed by atoms with Crippen molar-refractivity contribution in [3.63, 3.8) is 0 Å². The fourth-order valence-electron chi connectivity index (χ4n) is 2.70. The lowest BCUT2D eigenvalue weighted by Gasteiger charge is -2.29. The molecule has 6 heteroatoms. The fourth-order valence-corrected chi connectivity index (χ4v) is 4.54. The minimum Gasteiger partial charge on any atom is -0.340 e. The Kier molecular flexibility index (Phi) is 3.69. The molecule has 0 spiro atoms. The van der Waals surface area contributed by atoms with Crippen LogP contribution in [0.3, 0.4) is 0 Å². The predicted molar refractivity (Wildman–Crippen MR) is 70.0 cm³/mol. The first kappa shape index (κ1) is 13.8. The van der Waals surface area contributed by atoms with Crippen LogP contribution in [0.25, 0.3) is 0 Å². The highest BCUT2D eigenvalue weighted by atomic mass is 32.2. The smallest absolute Gasteiger partial charge is 0.229 e. The standard InChI is InChI=1S/C12H22N2O3S/c1-12(2)9-13-5-6-14(11(12)15)8-10-4-3-7-18(10,16)17/h10,13H,3-9H2,1-2H3. The van der Waals surface area contributed by atoms with Gasteiger partial charge in [-0.25, -0.2) is 8.42 Å². The molecule has 2 aliphatic heterocycles. The summed E-state index contributed by atoms with van der Waals surface area (Å²) in [5, 5.41) is 2.88. The third kappa shape index (κ3) is 2.69. The summed E-state index contributed by atoms with van der Waals surface area (Å²) in [5.74, 6) is 0.344. The van der Waals surface area contributed by atoms with E-state index in [0.717, 1.165) is 13.0 Å². The van der Waals surface area contributed by atoms with E-state index in [9.17, 15) is 13.2 Å². The SMILES string of the molecule is CC1(C)CNCCN(CC2CCCS2(=O)=O)C1=O. The van der Waals surface area contributed by atoms with E-state index in [0.29, 0.717) is 26.1 Å². The molecule has 2 saturated heterocycles. The second-order valence-electron chi connectivity index (χ2n) is 5.94. The Labute approximate surface area is 109 Å². The van der Waals surface area contributed by atoms with Crippen molar-refractivity contribution in [2.24, 2.45) is 5.41 Å². The molecule has 0 bridgehead atoms. The van der Waals surface area contributed by atoms with E-state index in [1.165, 1.54) is 0 Å². The van der Waals surface area contributed by atoms with Crippen LogP contribution in [0.4, 0.5) is 0 Å². The zero-order valence-electron chi connectivity index (χ0n) is 11.1. The van der Waals surface area contributed by atoms with Gasteiger partial charge >= 0.3 is 0 Å². The summed E-state index contributed by atoms with van der Waals surface area (Å²) >= 11 is 0. The molecular weight excluding hydrogens is 252 g/mol. The van der Waals surface area contributed by atoms with Crippen molar-refractivity contribution in [1.82, 2.24) is 10.2 Å². The van der Waals surface area contributed by atoms with Crippen molar-refractivity contribution in [2.45, 2.75) is 31.9 Å². The Bertz CT molecular complexity index is 431. The van der Waals surface area contributed by atoms with Gasteiger partial charge < -0.3 is 10.2 Å². The third-order valence-corrected chi connectivity index (χ3v) is 6.14. The highest BCUT2D eigenvalue weighted by Gasteiger charge is 2.38. The molecule has 0 saturated carbocycles. The zero-order valence-corrected chi connectivity index (χ0v) is 11.9. The van der Waals surface area contributed by atoms with Crippen LogP contribution in [0.5, 0.6) is 0 Å². The lowest BCUT2D eigenvalue weighted by molar-refractivity contribution is -0.138. The molecule has 0 radical (unpaired) electrons. The van der Waals surface area contributed by atoms with Gasteiger partial charge in [-0.05, 0) is 26.7 Å². The molecule has 1 atom stereocenters. The topological polar surface area (TPSA) is 66.5 Å². The van der Waals surface area contributed by atoms with Crippen LogP contribution in [0.15, 0.2) is 0 Å². The van der Waals surface area contributed by atoms with Crippen molar-refractivity contribution in [3.8, 4) is 0 Å². The van der Waals surface area contributed by atoms with E-state index in [1.807, 2.05) is 13.8 Å². The lowest BCUT2D eigenvalue weighted by Crippen LogP contribution is -2.45. The minimum absolute atomic E-state index is 0.0644. The van der Waals surface area contributed by atoms with Gasteiger partial charge in [-0.15, -0.1) is 0 Å².